The molecule has 0 unspecified atom stereocenters. The van der Waals surface area contributed by atoms with Crippen molar-refractivity contribution in [3.8, 4) is 16.8 Å². The lowest BCUT2D eigenvalue weighted by atomic mass is 9.79. The molecule has 148 valence electrons. The molecule has 0 spiro atoms. The van der Waals surface area contributed by atoms with Crippen LogP contribution in [0.3, 0.4) is 0 Å². The molecule has 0 aliphatic rings. The molecule has 0 bridgehead atoms. The first-order chi connectivity index (χ1) is 13.6. The Morgan fingerprint density at radius 2 is 1.38 bits per heavy atom. The zero-order valence-corrected chi connectivity index (χ0v) is 18.2. The van der Waals surface area contributed by atoms with Crippen LogP contribution in [-0.2, 0) is 10.8 Å². The summed E-state index contributed by atoms with van der Waals surface area (Å²) in [7, 11) is 0. The van der Waals surface area contributed by atoms with Gasteiger partial charge in [0.2, 0.25) is 0 Å². The van der Waals surface area contributed by atoms with Crippen molar-refractivity contribution < 1.29 is 0 Å². The van der Waals surface area contributed by atoms with E-state index in [1.807, 2.05) is 24.7 Å². The average Bonchev–Trinajstić information content (AvgIpc) is 3.10. The molecule has 0 N–H and O–H groups in total. The molecular formula is C26H29N3. The van der Waals surface area contributed by atoms with E-state index in [0.717, 1.165) is 16.9 Å². The number of imidazole rings is 1. The lowest BCUT2D eigenvalue weighted by Crippen LogP contribution is -2.16. The van der Waals surface area contributed by atoms with Gasteiger partial charge in [-0.2, -0.15) is 0 Å². The van der Waals surface area contributed by atoms with E-state index >= 15 is 0 Å². The standard InChI is InChI=1S/C26H29N3/c1-25(2,3)20-13-19(14-21(16-20)26(4,5)6)18-9-7-10-22(15-18)29-17-28-23-11-8-12-27-24(23)29/h7-17H,1-6H3. The fraction of sp³-hybridized carbons (Fsp3) is 0.308. The van der Waals surface area contributed by atoms with Crippen molar-refractivity contribution in [2.45, 2.75) is 52.4 Å². The van der Waals surface area contributed by atoms with Crippen LogP contribution in [0.15, 0.2) is 67.1 Å². The second kappa shape index (κ2) is 6.84. The first-order valence-corrected chi connectivity index (χ1v) is 10.2. The number of pyridine rings is 1. The van der Waals surface area contributed by atoms with Crippen molar-refractivity contribution in [3.63, 3.8) is 0 Å². The lowest BCUT2D eigenvalue weighted by molar-refractivity contribution is 0.569. The summed E-state index contributed by atoms with van der Waals surface area (Å²) < 4.78 is 2.05. The molecule has 4 aromatic rings. The summed E-state index contributed by atoms with van der Waals surface area (Å²) in [6, 6.07) is 19.6. The minimum Gasteiger partial charge on any atom is -0.283 e. The van der Waals surface area contributed by atoms with Gasteiger partial charge >= 0.3 is 0 Å². The fourth-order valence-corrected chi connectivity index (χ4v) is 3.53. The van der Waals surface area contributed by atoms with Crippen molar-refractivity contribution in [2.24, 2.45) is 0 Å². The van der Waals surface area contributed by atoms with Gasteiger partial charge in [0.05, 0.1) is 0 Å². The van der Waals surface area contributed by atoms with Crippen LogP contribution in [0, 0.1) is 0 Å². The summed E-state index contributed by atoms with van der Waals surface area (Å²) in [4.78, 5) is 9.00. The highest BCUT2D eigenvalue weighted by Gasteiger charge is 2.21. The largest absolute Gasteiger partial charge is 0.283 e. The van der Waals surface area contributed by atoms with Gasteiger partial charge in [0, 0.05) is 11.9 Å². The quantitative estimate of drug-likeness (QED) is 0.386. The molecule has 2 heterocycles. The SMILES string of the molecule is CC(C)(C)c1cc(-c2cccc(-n3cnc4cccnc43)c2)cc(C(C)(C)C)c1. The van der Waals surface area contributed by atoms with E-state index in [9.17, 15) is 0 Å². The summed E-state index contributed by atoms with van der Waals surface area (Å²) in [5, 5.41) is 0. The average molecular weight is 384 g/mol. The Morgan fingerprint density at radius 3 is 2.03 bits per heavy atom. The predicted molar refractivity (Wildman–Crippen MR) is 122 cm³/mol. The highest BCUT2D eigenvalue weighted by Crippen LogP contribution is 2.34. The van der Waals surface area contributed by atoms with Gasteiger partial charge in [-0.15, -0.1) is 0 Å². The maximum Gasteiger partial charge on any atom is 0.164 e. The molecule has 4 rings (SSSR count). The van der Waals surface area contributed by atoms with Crippen LogP contribution in [0.2, 0.25) is 0 Å². The summed E-state index contributed by atoms with van der Waals surface area (Å²) in [5.41, 5.74) is 8.22. The second-order valence-electron chi connectivity index (χ2n) is 9.81. The summed E-state index contributed by atoms with van der Waals surface area (Å²) in [5.74, 6) is 0. The van der Waals surface area contributed by atoms with Gasteiger partial charge in [0.15, 0.2) is 5.65 Å². The molecule has 0 saturated carbocycles. The Kier molecular flexibility index (Phi) is 4.57. The van der Waals surface area contributed by atoms with Gasteiger partial charge < -0.3 is 0 Å². The molecular weight excluding hydrogens is 354 g/mol. The van der Waals surface area contributed by atoms with Gasteiger partial charge in [-0.25, -0.2) is 9.97 Å². The predicted octanol–water partition coefficient (Wildman–Crippen LogP) is 6.68. The topological polar surface area (TPSA) is 30.7 Å². The minimum atomic E-state index is 0.0953. The number of benzene rings is 2. The van der Waals surface area contributed by atoms with Crippen molar-refractivity contribution in [1.82, 2.24) is 14.5 Å². The number of hydrogen-bond acceptors (Lipinski definition) is 2. The van der Waals surface area contributed by atoms with E-state index in [0.29, 0.717) is 0 Å². The highest BCUT2D eigenvalue weighted by molar-refractivity contribution is 5.74. The van der Waals surface area contributed by atoms with E-state index in [4.69, 9.17) is 0 Å². The van der Waals surface area contributed by atoms with Crippen LogP contribution in [0.1, 0.15) is 52.7 Å². The third-order valence-corrected chi connectivity index (χ3v) is 5.43. The van der Waals surface area contributed by atoms with Crippen molar-refractivity contribution in [2.75, 3.05) is 0 Å². The number of aromatic nitrogens is 3. The van der Waals surface area contributed by atoms with Crippen molar-refractivity contribution in [1.29, 1.82) is 0 Å². The lowest BCUT2D eigenvalue weighted by Gasteiger charge is -2.26. The smallest absolute Gasteiger partial charge is 0.164 e. The maximum absolute atomic E-state index is 4.51. The molecule has 29 heavy (non-hydrogen) atoms. The molecule has 0 amide bonds. The van der Waals surface area contributed by atoms with Gasteiger partial charge in [-0.3, -0.25) is 4.57 Å². The maximum atomic E-state index is 4.51. The van der Waals surface area contributed by atoms with E-state index in [1.165, 1.54) is 22.3 Å². The highest BCUT2D eigenvalue weighted by atomic mass is 15.1. The summed E-state index contributed by atoms with van der Waals surface area (Å²) in [6.07, 6.45) is 3.66. The molecule has 3 nitrogen and oxygen atoms in total. The summed E-state index contributed by atoms with van der Waals surface area (Å²) >= 11 is 0. The van der Waals surface area contributed by atoms with E-state index in [2.05, 4.69) is 98.5 Å². The van der Waals surface area contributed by atoms with Crippen LogP contribution in [0.4, 0.5) is 0 Å². The molecule has 0 aliphatic carbocycles. The molecule has 0 radical (unpaired) electrons. The Hall–Kier alpha value is -2.94. The third-order valence-electron chi connectivity index (χ3n) is 5.43. The van der Waals surface area contributed by atoms with Crippen LogP contribution in [0.25, 0.3) is 28.0 Å². The number of hydrogen-bond donors (Lipinski definition) is 0. The first kappa shape index (κ1) is 19.4. The van der Waals surface area contributed by atoms with Gasteiger partial charge in [-0.05, 0) is 57.3 Å². The number of rotatable bonds is 2. The molecule has 0 saturated heterocycles. The van der Waals surface area contributed by atoms with Crippen LogP contribution < -0.4 is 0 Å². The molecule has 3 heteroatoms. The minimum absolute atomic E-state index is 0.0953. The molecule has 2 aromatic heterocycles. The van der Waals surface area contributed by atoms with E-state index in [-0.39, 0.29) is 10.8 Å². The Bertz CT molecular complexity index is 1140. The molecule has 0 atom stereocenters. The van der Waals surface area contributed by atoms with Crippen molar-refractivity contribution >= 4 is 11.2 Å². The fourth-order valence-electron chi connectivity index (χ4n) is 3.53. The number of nitrogens with zero attached hydrogens (tertiary/aromatic N) is 3. The zero-order valence-electron chi connectivity index (χ0n) is 18.2. The Morgan fingerprint density at radius 1 is 0.690 bits per heavy atom. The Balaban J connectivity index is 1.87. The third kappa shape index (κ3) is 3.82. The number of fused-ring (bicyclic) bond motifs is 1. The van der Waals surface area contributed by atoms with E-state index in [1.54, 1.807) is 0 Å². The van der Waals surface area contributed by atoms with Crippen LogP contribution >= 0.6 is 0 Å². The van der Waals surface area contributed by atoms with Gasteiger partial charge in [-0.1, -0.05) is 71.9 Å². The van der Waals surface area contributed by atoms with Crippen LogP contribution in [-0.4, -0.2) is 14.5 Å². The van der Waals surface area contributed by atoms with Crippen molar-refractivity contribution in [3.05, 3.63) is 78.2 Å². The molecule has 0 aliphatic heterocycles. The first-order valence-electron chi connectivity index (χ1n) is 10.2. The van der Waals surface area contributed by atoms with Gasteiger partial charge in [0.1, 0.15) is 11.8 Å². The second-order valence-corrected chi connectivity index (χ2v) is 9.81. The zero-order chi connectivity index (χ0) is 20.8. The Labute approximate surface area is 173 Å². The van der Waals surface area contributed by atoms with Crippen LogP contribution in [0.5, 0.6) is 0 Å². The van der Waals surface area contributed by atoms with E-state index < -0.39 is 0 Å². The summed E-state index contributed by atoms with van der Waals surface area (Å²) in [6.45, 7) is 13.7. The van der Waals surface area contributed by atoms with Gasteiger partial charge in [0.25, 0.3) is 0 Å². The monoisotopic (exact) mass is 383 g/mol. The molecule has 2 aromatic carbocycles. The normalized spacial score (nSPS) is 12.5. The molecule has 0 fully saturated rings.